The van der Waals surface area contributed by atoms with E-state index in [1.165, 1.54) is 15.9 Å². The van der Waals surface area contributed by atoms with E-state index in [0.29, 0.717) is 25.3 Å². The van der Waals surface area contributed by atoms with Gasteiger partial charge in [0, 0.05) is 26.0 Å². The molecule has 1 N–H and O–H groups in total. The minimum atomic E-state index is -0.886. The molecule has 0 bridgehead atoms. The van der Waals surface area contributed by atoms with Crippen LogP contribution in [-0.4, -0.2) is 77.4 Å². The molecule has 2 saturated heterocycles. The van der Waals surface area contributed by atoms with E-state index in [-0.39, 0.29) is 42.1 Å². The Balaban J connectivity index is 1.41. The maximum absolute atomic E-state index is 13.1. The summed E-state index contributed by atoms with van der Waals surface area (Å²) in [5.74, 6) is 0.0304. The highest BCUT2D eigenvalue weighted by Crippen LogP contribution is 2.39. The van der Waals surface area contributed by atoms with Crippen molar-refractivity contribution in [2.75, 3.05) is 19.6 Å². The smallest absolute Gasteiger partial charge is 0.292 e. The molecule has 0 saturated carbocycles. The largest absolute Gasteiger partial charge is 0.344 e. The quantitative estimate of drug-likeness (QED) is 0.641. The Labute approximate surface area is 179 Å². The average molecular weight is 426 g/mol. The molecule has 2 aliphatic rings. The lowest BCUT2D eigenvalue weighted by atomic mass is 9.85. The van der Waals surface area contributed by atoms with Crippen molar-refractivity contribution < 1.29 is 14.4 Å². The van der Waals surface area contributed by atoms with Gasteiger partial charge in [-0.2, -0.15) is 5.10 Å². The molecular weight excluding hydrogens is 400 g/mol. The number of aromatic nitrogens is 5. The summed E-state index contributed by atoms with van der Waals surface area (Å²) in [7, 11) is 1.64. The molecule has 31 heavy (non-hydrogen) atoms. The third-order valence-corrected chi connectivity index (χ3v) is 5.96. The topological polar surface area (TPSA) is 126 Å². The third kappa shape index (κ3) is 3.64. The SMILES string of the molecule is CC(C)[C@H](NC(=O)CN1CC2(CCCN2C(=O)c2ncnn2C)C1=O)c1ncccn1. The van der Waals surface area contributed by atoms with Crippen molar-refractivity contribution in [2.45, 2.75) is 38.3 Å². The fourth-order valence-corrected chi connectivity index (χ4v) is 4.35. The Morgan fingerprint density at radius 2 is 1.97 bits per heavy atom. The van der Waals surface area contributed by atoms with Gasteiger partial charge in [0.15, 0.2) is 5.82 Å². The number of amides is 3. The van der Waals surface area contributed by atoms with Gasteiger partial charge in [-0.3, -0.25) is 14.4 Å². The van der Waals surface area contributed by atoms with E-state index in [1.54, 1.807) is 30.4 Å². The van der Waals surface area contributed by atoms with Crippen molar-refractivity contribution in [3.63, 3.8) is 0 Å². The summed E-state index contributed by atoms with van der Waals surface area (Å²) in [5, 5.41) is 6.88. The second-order valence-corrected chi connectivity index (χ2v) is 8.36. The molecular formula is C20H26N8O3. The number of hydrogen-bond donors (Lipinski definition) is 1. The summed E-state index contributed by atoms with van der Waals surface area (Å²) < 4.78 is 1.40. The van der Waals surface area contributed by atoms with E-state index in [1.807, 2.05) is 13.8 Å². The molecule has 0 aromatic carbocycles. The number of carbonyl (C=O) groups excluding carboxylic acids is 3. The Morgan fingerprint density at radius 3 is 2.58 bits per heavy atom. The molecule has 0 aliphatic carbocycles. The number of nitrogens with one attached hydrogen (secondary N) is 1. The minimum absolute atomic E-state index is 0.0668. The summed E-state index contributed by atoms with van der Waals surface area (Å²) in [6.45, 7) is 4.69. The number of hydrogen-bond acceptors (Lipinski definition) is 7. The number of rotatable bonds is 6. The van der Waals surface area contributed by atoms with Crippen LogP contribution in [0.15, 0.2) is 24.8 Å². The standard InChI is InChI=1S/C20H26N8O3/c1-13(2)15(16-21-7-5-8-22-16)25-14(29)10-27-11-20(19(27)31)6-4-9-28(20)18(30)17-23-12-24-26(17)3/h5,7-8,12-13,15H,4,6,9-11H2,1-3H3,(H,25,29)/t15-,20?/m0/s1. The van der Waals surface area contributed by atoms with Gasteiger partial charge in [-0.1, -0.05) is 13.8 Å². The zero-order valence-corrected chi connectivity index (χ0v) is 17.9. The van der Waals surface area contributed by atoms with Crippen LogP contribution in [0.1, 0.15) is 49.2 Å². The molecule has 2 aliphatic heterocycles. The molecule has 1 unspecified atom stereocenters. The molecule has 11 heteroatoms. The number of likely N-dealkylation sites (tertiary alicyclic amines) is 2. The number of carbonyl (C=O) groups is 3. The summed E-state index contributed by atoms with van der Waals surface area (Å²) in [6.07, 6.45) is 5.90. The second kappa shape index (κ2) is 8.05. The van der Waals surface area contributed by atoms with E-state index in [2.05, 4.69) is 25.4 Å². The van der Waals surface area contributed by atoms with Crippen LogP contribution in [0.2, 0.25) is 0 Å². The van der Waals surface area contributed by atoms with E-state index < -0.39 is 5.54 Å². The molecule has 4 heterocycles. The maximum Gasteiger partial charge on any atom is 0.292 e. The first kappa shape index (κ1) is 20.9. The predicted octanol–water partition coefficient (Wildman–Crippen LogP) is -0.0644. The highest BCUT2D eigenvalue weighted by molar-refractivity contribution is 6.02. The van der Waals surface area contributed by atoms with Crippen molar-refractivity contribution in [3.05, 3.63) is 36.4 Å². The van der Waals surface area contributed by atoms with Crippen LogP contribution in [-0.2, 0) is 16.6 Å². The molecule has 11 nitrogen and oxygen atoms in total. The van der Waals surface area contributed by atoms with Crippen LogP contribution in [0.4, 0.5) is 0 Å². The van der Waals surface area contributed by atoms with Crippen molar-refractivity contribution in [1.29, 1.82) is 0 Å². The van der Waals surface area contributed by atoms with Gasteiger partial charge in [0.05, 0.1) is 19.1 Å². The zero-order valence-electron chi connectivity index (χ0n) is 17.9. The normalized spacial score (nSPS) is 21.5. The Bertz CT molecular complexity index is 991. The first-order valence-electron chi connectivity index (χ1n) is 10.3. The van der Waals surface area contributed by atoms with E-state index in [0.717, 1.165) is 6.42 Å². The molecule has 164 valence electrons. The number of β-lactam (4-membered cyclic amide) rings is 1. The van der Waals surface area contributed by atoms with E-state index in [9.17, 15) is 14.4 Å². The molecule has 3 amide bonds. The van der Waals surface area contributed by atoms with E-state index in [4.69, 9.17) is 0 Å². The zero-order chi connectivity index (χ0) is 22.2. The fraction of sp³-hybridized carbons (Fsp3) is 0.550. The lowest BCUT2D eigenvalue weighted by molar-refractivity contribution is -0.161. The minimum Gasteiger partial charge on any atom is -0.344 e. The van der Waals surface area contributed by atoms with Crippen LogP contribution in [0.5, 0.6) is 0 Å². The molecule has 2 aromatic heterocycles. The maximum atomic E-state index is 13.1. The van der Waals surface area contributed by atoms with Crippen LogP contribution < -0.4 is 5.32 Å². The first-order valence-corrected chi connectivity index (χ1v) is 10.3. The summed E-state index contributed by atoms with van der Waals surface area (Å²) >= 11 is 0. The average Bonchev–Trinajstić information content (AvgIpc) is 3.39. The summed E-state index contributed by atoms with van der Waals surface area (Å²) in [4.78, 5) is 54.2. The molecule has 1 spiro atoms. The number of nitrogens with zero attached hydrogens (tertiary/aromatic N) is 7. The third-order valence-electron chi connectivity index (χ3n) is 5.96. The highest BCUT2D eigenvalue weighted by Gasteiger charge is 2.60. The van der Waals surface area contributed by atoms with Crippen LogP contribution in [0.3, 0.4) is 0 Å². The summed E-state index contributed by atoms with van der Waals surface area (Å²) in [6, 6.07) is 1.37. The van der Waals surface area contributed by atoms with Gasteiger partial charge in [-0.05, 0) is 24.8 Å². The Kier molecular flexibility index (Phi) is 5.42. The van der Waals surface area contributed by atoms with Crippen LogP contribution in [0.25, 0.3) is 0 Å². The monoisotopic (exact) mass is 426 g/mol. The molecule has 2 aromatic rings. The molecule has 4 rings (SSSR count). The van der Waals surface area contributed by atoms with Crippen LogP contribution >= 0.6 is 0 Å². The lowest BCUT2D eigenvalue weighted by Gasteiger charge is -2.50. The highest BCUT2D eigenvalue weighted by atomic mass is 16.2. The molecule has 2 atom stereocenters. The van der Waals surface area contributed by atoms with Crippen molar-refractivity contribution >= 4 is 17.7 Å². The molecule has 0 radical (unpaired) electrons. The Hall–Kier alpha value is -3.37. The van der Waals surface area contributed by atoms with Gasteiger partial charge < -0.3 is 15.1 Å². The number of aryl methyl sites for hydroxylation is 1. The Morgan fingerprint density at radius 1 is 1.23 bits per heavy atom. The predicted molar refractivity (Wildman–Crippen MR) is 108 cm³/mol. The van der Waals surface area contributed by atoms with Crippen molar-refractivity contribution in [3.8, 4) is 0 Å². The van der Waals surface area contributed by atoms with Crippen molar-refractivity contribution in [1.82, 2.24) is 39.8 Å². The van der Waals surface area contributed by atoms with Gasteiger partial charge in [0.2, 0.25) is 11.7 Å². The first-order chi connectivity index (χ1) is 14.8. The van der Waals surface area contributed by atoms with Gasteiger partial charge in [0.1, 0.15) is 11.9 Å². The van der Waals surface area contributed by atoms with E-state index >= 15 is 0 Å². The van der Waals surface area contributed by atoms with Gasteiger partial charge in [0.25, 0.3) is 11.8 Å². The lowest BCUT2D eigenvalue weighted by Crippen LogP contribution is -2.73. The molecule has 2 fully saturated rings. The van der Waals surface area contributed by atoms with Crippen LogP contribution in [0, 0.1) is 5.92 Å². The second-order valence-electron chi connectivity index (χ2n) is 8.36. The van der Waals surface area contributed by atoms with Crippen molar-refractivity contribution in [2.24, 2.45) is 13.0 Å². The van der Waals surface area contributed by atoms with Gasteiger partial charge >= 0.3 is 0 Å². The summed E-state index contributed by atoms with van der Waals surface area (Å²) in [5.41, 5.74) is -0.886. The van der Waals surface area contributed by atoms with Gasteiger partial charge in [-0.25, -0.2) is 19.6 Å². The fourth-order valence-electron chi connectivity index (χ4n) is 4.35. The van der Waals surface area contributed by atoms with Gasteiger partial charge in [-0.15, -0.1) is 0 Å².